The molecule has 122 valence electrons. The molecule has 0 spiro atoms. The monoisotopic (exact) mass is 315 g/mol. The molecule has 0 aliphatic carbocycles. The average molecular weight is 315 g/mol. The van der Waals surface area contributed by atoms with Crippen molar-refractivity contribution >= 4 is 23.4 Å². The summed E-state index contributed by atoms with van der Waals surface area (Å²) < 4.78 is 0. The summed E-state index contributed by atoms with van der Waals surface area (Å²) in [7, 11) is 0. The van der Waals surface area contributed by atoms with Crippen LogP contribution in [0.15, 0.2) is 24.3 Å². The summed E-state index contributed by atoms with van der Waals surface area (Å²) in [6.07, 6.45) is 2.65. The average Bonchev–Trinajstić information content (AvgIpc) is 2.68. The molecule has 0 bridgehead atoms. The van der Waals surface area contributed by atoms with Crippen LogP contribution < -0.4 is 15.5 Å². The van der Waals surface area contributed by atoms with Crippen LogP contribution in [0.3, 0.4) is 0 Å². The number of carbonyl (C=O) groups is 3. The first-order valence-electron chi connectivity index (χ1n) is 8.03. The highest BCUT2D eigenvalue weighted by Gasteiger charge is 2.41. The lowest BCUT2D eigenvalue weighted by Crippen LogP contribution is -2.50. The van der Waals surface area contributed by atoms with Gasteiger partial charge in [0.25, 0.3) is 5.91 Å². The van der Waals surface area contributed by atoms with Crippen LogP contribution >= 0.6 is 0 Å². The van der Waals surface area contributed by atoms with Gasteiger partial charge in [-0.2, -0.15) is 0 Å². The Morgan fingerprint density at radius 3 is 2.57 bits per heavy atom. The molecule has 2 unspecified atom stereocenters. The highest BCUT2D eigenvalue weighted by Crippen LogP contribution is 2.24. The number of amides is 3. The van der Waals surface area contributed by atoms with E-state index in [2.05, 4.69) is 10.6 Å². The van der Waals surface area contributed by atoms with Gasteiger partial charge in [-0.15, -0.1) is 0 Å². The molecule has 2 atom stereocenters. The van der Waals surface area contributed by atoms with Crippen molar-refractivity contribution in [2.75, 3.05) is 11.4 Å². The summed E-state index contributed by atoms with van der Waals surface area (Å²) >= 11 is 0. The number of aryl methyl sites for hydroxylation is 1. The molecule has 2 fully saturated rings. The Morgan fingerprint density at radius 1 is 1.09 bits per heavy atom. The van der Waals surface area contributed by atoms with E-state index in [9.17, 15) is 14.4 Å². The summed E-state index contributed by atoms with van der Waals surface area (Å²) in [6, 6.07) is 6.25. The Labute approximate surface area is 135 Å². The van der Waals surface area contributed by atoms with E-state index in [0.717, 1.165) is 18.4 Å². The number of hydrogen-bond donors (Lipinski definition) is 2. The number of imide groups is 1. The van der Waals surface area contributed by atoms with Gasteiger partial charge in [0.15, 0.2) is 0 Å². The maximum absolute atomic E-state index is 12.6. The predicted octanol–water partition coefficient (Wildman–Crippen LogP) is 0.885. The zero-order chi connectivity index (χ0) is 16.4. The first-order chi connectivity index (χ1) is 11.1. The summed E-state index contributed by atoms with van der Waals surface area (Å²) in [5.74, 6) is -0.599. The quantitative estimate of drug-likeness (QED) is 0.812. The van der Waals surface area contributed by atoms with Crippen LogP contribution in [0.2, 0.25) is 0 Å². The van der Waals surface area contributed by atoms with Gasteiger partial charge in [0.05, 0.1) is 24.2 Å². The number of anilines is 1. The van der Waals surface area contributed by atoms with Crippen molar-refractivity contribution in [3.8, 4) is 0 Å². The third-order valence-electron chi connectivity index (χ3n) is 4.38. The van der Waals surface area contributed by atoms with Crippen LogP contribution in [-0.4, -0.2) is 36.3 Å². The van der Waals surface area contributed by atoms with E-state index >= 15 is 0 Å². The molecule has 6 nitrogen and oxygen atoms in total. The first kappa shape index (κ1) is 15.7. The summed E-state index contributed by atoms with van der Waals surface area (Å²) in [6.45, 7) is 2.62. The van der Waals surface area contributed by atoms with Gasteiger partial charge in [0.1, 0.15) is 0 Å². The number of rotatable bonds is 3. The molecule has 2 aliphatic heterocycles. The van der Waals surface area contributed by atoms with Gasteiger partial charge in [-0.1, -0.05) is 17.7 Å². The molecule has 2 aliphatic rings. The lowest BCUT2D eigenvalue weighted by Gasteiger charge is -2.20. The Bertz CT molecular complexity index is 626. The fourth-order valence-electron chi connectivity index (χ4n) is 3.07. The summed E-state index contributed by atoms with van der Waals surface area (Å²) in [5, 5.41) is 5.91. The molecule has 1 aromatic carbocycles. The molecular weight excluding hydrogens is 294 g/mol. The van der Waals surface area contributed by atoms with Crippen molar-refractivity contribution in [2.45, 2.75) is 44.7 Å². The zero-order valence-corrected chi connectivity index (χ0v) is 13.2. The number of benzene rings is 1. The highest BCUT2D eigenvalue weighted by molar-refractivity contribution is 6.22. The van der Waals surface area contributed by atoms with Crippen LogP contribution in [0, 0.1) is 6.92 Å². The van der Waals surface area contributed by atoms with Gasteiger partial charge in [-0.25, -0.2) is 4.90 Å². The molecule has 2 N–H and O–H groups in total. The topological polar surface area (TPSA) is 78.5 Å². The van der Waals surface area contributed by atoms with Crippen molar-refractivity contribution in [1.82, 2.24) is 10.6 Å². The molecule has 0 aromatic heterocycles. The summed E-state index contributed by atoms with van der Waals surface area (Å²) in [4.78, 5) is 38.0. The zero-order valence-electron chi connectivity index (χ0n) is 13.2. The van der Waals surface area contributed by atoms with Crippen LogP contribution in [-0.2, 0) is 14.4 Å². The van der Waals surface area contributed by atoms with Gasteiger partial charge >= 0.3 is 0 Å². The normalized spacial score (nSPS) is 25.4. The molecule has 3 amide bonds. The number of carbonyl (C=O) groups excluding carboxylic acids is 3. The van der Waals surface area contributed by atoms with Gasteiger partial charge in [0.2, 0.25) is 11.8 Å². The van der Waals surface area contributed by atoms with E-state index in [4.69, 9.17) is 0 Å². The second-order valence-corrected chi connectivity index (χ2v) is 6.17. The maximum atomic E-state index is 12.6. The molecule has 6 heteroatoms. The smallest absolute Gasteiger partial charge is 0.251 e. The molecule has 2 heterocycles. The second-order valence-electron chi connectivity index (χ2n) is 6.17. The van der Waals surface area contributed by atoms with E-state index in [1.807, 2.05) is 19.1 Å². The fourth-order valence-corrected chi connectivity index (χ4v) is 3.07. The Hall–Kier alpha value is -2.21. The molecule has 2 saturated heterocycles. The van der Waals surface area contributed by atoms with Crippen LogP contribution in [0.1, 0.15) is 31.2 Å². The van der Waals surface area contributed by atoms with Gasteiger partial charge < -0.3 is 5.32 Å². The van der Waals surface area contributed by atoms with E-state index in [-0.39, 0.29) is 24.1 Å². The summed E-state index contributed by atoms with van der Waals surface area (Å²) in [5.41, 5.74) is 1.65. The van der Waals surface area contributed by atoms with Crippen molar-refractivity contribution in [3.05, 3.63) is 29.8 Å². The first-order valence-corrected chi connectivity index (χ1v) is 8.03. The minimum Gasteiger partial charge on any atom is -0.355 e. The van der Waals surface area contributed by atoms with Gasteiger partial charge in [0, 0.05) is 6.54 Å². The predicted molar refractivity (Wildman–Crippen MR) is 85.9 cm³/mol. The third kappa shape index (κ3) is 3.27. The van der Waals surface area contributed by atoms with Gasteiger partial charge in [-0.05, 0) is 38.3 Å². The highest BCUT2D eigenvalue weighted by atomic mass is 16.2. The Balaban J connectivity index is 1.73. The number of nitrogens with zero attached hydrogens (tertiary/aromatic N) is 1. The lowest BCUT2D eigenvalue weighted by molar-refractivity contribution is -0.123. The number of nitrogens with one attached hydrogen (secondary N) is 2. The number of hydrogen-bond acceptors (Lipinski definition) is 4. The van der Waals surface area contributed by atoms with E-state index < -0.39 is 12.1 Å². The van der Waals surface area contributed by atoms with Crippen molar-refractivity contribution in [2.24, 2.45) is 0 Å². The molecule has 23 heavy (non-hydrogen) atoms. The standard InChI is InChI=1S/C17H21N3O3/c1-11-5-7-12(8-6-11)20-15(21)10-14(17(20)23)19-13-4-2-3-9-18-16(13)22/h5-8,13-14,19H,2-4,9-10H2,1H3,(H,18,22). The van der Waals surface area contributed by atoms with Crippen molar-refractivity contribution in [1.29, 1.82) is 0 Å². The minimum absolute atomic E-state index is 0.0865. The largest absolute Gasteiger partial charge is 0.355 e. The second kappa shape index (κ2) is 6.50. The molecular formula is C17H21N3O3. The van der Waals surface area contributed by atoms with E-state index in [0.29, 0.717) is 18.7 Å². The molecule has 3 rings (SSSR count). The lowest BCUT2D eigenvalue weighted by atomic mass is 10.1. The van der Waals surface area contributed by atoms with Crippen LogP contribution in [0.25, 0.3) is 0 Å². The molecule has 1 aromatic rings. The molecule has 0 saturated carbocycles. The Morgan fingerprint density at radius 2 is 1.83 bits per heavy atom. The van der Waals surface area contributed by atoms with Gasteiger partial charge in [-0.3, -0.25) is 19.7 Å². The third-order valence-corrected chi connectivity index (χ3v) is 4.38. The van der Waals surface area contributed by atoms with Crippen molar-refractivity contribution < 1.29 is 14.4 Å². The Kier molecular flexibility index (Phi) is 4.43. The molecule has 0 radical (unpaired) electrons. The van der Waals surface area contributed by atoms with Crippen LogP contribution in [0.5, 0.6) is 0 Å². The van der Waals surface area contributed by atoms with Crippen LogP contribution in [0.4, 0.5) is 5.69 Å². The minimum atomic E-state index is -0.627. The maximum Gasteiger partial charge on any atom is 0.251 e. The SMILES string of the molecule is Cc1ccc(N2C(=O)CC(NC3CCCCNC3=O)C2=O)cc1. The van der Waals surface area contributed by atoms with E-state index in [1.54, 1.807) is 12.1 Å². The fraction of sp³-hybridized carbons (Fsp3) is 0.471. The van der Waals surface area contributed by atoms with E-state index in [1.165, 1.54) is 4.90 Å². The van der Waals surface area contributed by atoms with Crippen molar-refractivity contribution in [3.63, 3.8) is 0 Å².